The lowest BCUT2D eigenvalue weighted by molar-refractivity contribution is -0.136. The van der Waals surface area contributed by atoms with Gasteiger partial charge in [0.2, 0.25) is 0 Å². The first kappa shape index (κ1) is 16.3. The van der Waals surface area contributed by atoms with Gasteiger partial charge in [0.15, 0.2) is 0 Å². The molecule has 3 heterocycles. The van der Waals surface area contributed by atoms with Crippen molar-refractivity contribution in [3.63, 3.8) is 0 Å². The van der Waals surface area contributed by atoms with E-state index in [1.165, 1.54) is 0 Å². The number of fused-ring (bicyclic) bond motifs is 2. The monoisotopic (exact) mass is 349 g/mol. The van der Waals surface area contributed by atoms with Crippen LogP contribution in [0.3, 0.4) is 0 Å². The van der Waals surface area contributed by atoms with Gasteiger partial charge in [0, 0.05) is 30.7 Å². The summed E-state index contributed by atoms with van der Waals surface area (Å²) in [6.45, 7) is 1.20. The molecule has 2 amide bonds. The summed E-state index contributed by atoms with van der Waals surface area (Å²) in [6.07, 6.45) is 6.89. The number of imidazole rings is 1. The SMILES string of the molecule is O=C(NCc1cn2c(n1)CCCC2)C(=O)Nc1cccc2ncccc12. The predicted molar refractivity (Wildman–Crippen MR) is 97.4 cm³/mol. The van der Waals surface area contributed by atoms with Crippen molar-refractivity contribution >= 4 is 28.4 Å². The minimum Gasteiger partial charge on any atom is -0.342 e. The third-order valence-electron chi connectivity index (χ3n) is 4.49. The zero-order valence-corrected chi connectivity index (χ0v) is 14.2. The van der Waals surface area contributed by atoms with Crippen LogP contribution in [0.2, 0.25) is 0 Å². The third kappa shape index (κ3) is 3.28. The molecule has 0 saturated heterocycles. The molecule has 1 aliphatic heterocycles. The van der Waals surface area contributed by atoms with Crippen LogP contribution < -0.4 is 10.6 Å². The maximum atomic E-state index is 12.2. The van der Waals surface area contributed by atoms with Gasteiger partial charge >= 0.3 is 11.8 Å². The maximum Gasteiger partial charge on any atom is 0.313 e. The van der Waals surface area contributed by atoms with Gasteiger partial charge in [-0.2, -0.15) is 0 Å². The number of aromatic nitrogens is 3. The van der Waals surface area contributed by atoms with Crippen LogP contribution in [0.5, 0.6) is 0 Å². The molecule has 0 saturated carbocycles. The van der Waals surface area contributed by atoms with Crippen LogP contribution in [-0.2, 0) is 29.1 Å². The van der Waals surface area contributed by atoms with Gasteiger partial charge in [0.05, 0.1) is 23.4 Å². The summed E-state index contributed by atoms with van der Waals surface area (Å²) in [7, 11) is 0. The molecule has 132 valence electrons. The first-order valence-electron chi connectivity index (χ1n) is 8.68. The zero-order chi connectivity index (χ0) is 17.9. The van der Waals surface area contributed by atoms with Crippen LogP contribution in [0.4, 0.5) is 5.69 Å². The Labute approximate surface area is 150 Å². The Morgan fingerprint density at radius 2 is 2.04 bits per heavy atom. The zero-order valence-electron chi connectivity index (χ0n) is 14.2. The topological polar surface area (TPSA) is 88.9 Å². The van der Waals surface area contributed by atoms with Crippen LogP contribution in [0, 0.1) is 0 Å². The van der Waals surface area contributed by atoms with Gasteiger partial charge < -0.3 is 15.2 Å². The van der Waals surface area contributed by atoms with Crippen molar-refractivity contribution < 1.29 is 9.59 Å². The summed E-state index contributed by atoms with van der Waals surface area (Å²) in [4.78, 5) is 33.1. The number of pyridine rings is 1. The van der Waals surface area contributed by atoms with Crippen LogP contribution in [0.15, 0.2) is 42.7 Å². The minimum atomic E-state index is -0.703. The minimum absolute atomic E-state index is 0.239. The van der Waals surface area contributed by atoms with E-state index in [4.69, 9.17) is 0 Å². The average molecular weight is 349 g/mol. The highest BCUT2D eigenvalue weighted by atomic mass is 16.2. The maximum absolute atomic E-state index is 12.2. The highest BCUT2D eigenvalue weighted by Gasteiger charge is 2.17. The highest BCUT2D eigenvalue weighted by molar-refractivity contribution is 6.40. The largest absolute Gasteiger partial charge is 0.342 e. The molecule has 0 aliphatic carbocycles. The van der Waals surface area contributed by atoms with Crippen molar-refractivity contribution in [1.82, 2.24) is 19.9 Å². The number of nitrogens with one attached hydrogen (secondary N) is 2. The summed E-state index contributed by atoms with van der Waals surface area (Å²) in [5.41, 5.74) is 2.10. The standard InChI is InChI=1S/C19H19N5O2/c25-18(21-11-13-12-24-10-2-1-8-17(24)22-13)19(26)23-16-7-3-6-15-14(16)5-4-9-20-15/h3-7,9,12H,1-2,8,10-11H2,(H,21,25)(H,23,26). The van der Waals surface area contributed by atoms with E-state index in [-0.39, 0.29) is 6.54 Å². The van der Waals surface area contributed by atoms with Crippen molar-refractivity contribution in [2.24, 2.45) is 0 Å². The first-order chi connectivity index (χ1) is 12.7. The second-order valence-electron chi connectivity index (χ2n) is 6.31. The summed E-state index contributed by atoms with van der Waals surface area (Å²) in [5, 5.41) is 6.08. The average Bonchev–Trinajstić information content (AvgIpc) is 3.09. The van der Waals surface area contributed by atoms with E-state index in [0.29, 0.717) is 5.69 Å². The lowest BCUT2D eigenvalue weighted by atomic mass is 10.2. The van der Waals surface area contributed by atoms with E-state index in [1.54, 1.807) is 24.4 Å². The molecule has 1 aromatic carbocycles. The van der Waals surface area contributed by atoms with Crippen molar-refractivity contribution in [3.05, 3.63) is 54.2 Å². The molecule has 0 radical (unpaired) electrons. The quantitative estimate of drug-likeness (QED) is 0.708. The van der Waals surface area contributed by atoms with Crippen LogP contribution in [0.25, 0.3) is 10.9 Å². The van der Waals surface area contributed by atoms with Crippen LogP contribution in [-0.4, -0.2) is 26.3 Å². The van der Waals surface area contributed by atoms with Crippen LogP contribution in [0.1, 0.15) is 24.4 Å². The Morgan fingerprint density at radius 1 is 1.12 bits per heavy atom. The number of hydrogen-bond acceptors (Lipinski definition) is 4. The first-order valence-corrected chi connectivity index (χ1v) is 8.68. The Kier molecular flexibility index (Phi) is 4.35. The molecule has 0 fully saturated rings. The molecule has 2 aromatic heterocycles. The summed E-state index contributed by atoms with van der Waals surface area (Å²) < 4.78 is 2.12. The molecule has 2 N–H and O–H groups in total. The molecule has 1 aliphatic rings. The van der Waals surface area contributed by atoms with E-state index >= 15 is 0 Å². The number of hydrogen-bond donors (Lipinski definition) is 2. The Hall–Kier alpha value is -3.22. The number of benzene rings is 1. The highest BCUT2D eigenvalue weighted by Crippen LogP contribution is 2.21. The van der Waals surface area contributed by atoms with Gasteiger partial charge in [0.1, 0.15) is 5.82 Å². The van der Waals surface area contributed by atoms with Gasteiger partial charge in [-0.1, -0.05) is 6.07 Å². The van der Waals surface area contributed by atoms with Crippen molar-refractivity contribution in [2.45, 2.75) is 32.4 Å². The molecule has 0 spiro atoms. The molecule has 7 nitrogen and oxygen atoms in total. The predicted octanol–water partition coefficient (Wildman–Crippen LogP) is 2.02. The number of amides is 2. The number of rotatable bonds is 3. The Bertz CT molecular complexity index is 950. The second kappa shape index (κ2) is 6.95. The van der Waals surface area contributed by atoms with Gasteiger partial charge in [-0.15, -0.1) is 0 Å². The number of aryl methyl sites for hydroxylation is 2. The molecule has 26 heavy (non-hydrogen) atoms. The Morgan fingerprint density at radius 3 is 2.92 bits per heavy atom. The Balaban J connectivity index is 1.40. The number of anilines is 1. The molecule has 3 aromatic rings. The van der Waals surface area contributed by atoms with E-state index < -0.39 is 11.8 Å². The molecular weight excluding hydrogens is 330 g/mol. The van der Waals surface area contributed by atoms with E-state index in [0.717, 1.165) is 48.2 Å². The molecule has 0 atom stereocenters. The van der Waals surface area contributed by atoms with Crippen LogP contribution >= 0.6 is 0 Å². The van der Waals surface area contributed by atoms with Crippen molar-refractivity contribution in [2.75, 3.05) is 5.32 Å². The fourth-order valence-corrected chi connectivity index (χ4v) is 3.20. The third-order valence-corrected chi connectivity index (χ3v) is 4.49. The van der Waals surface area contributed by atoms with Gasteiger partial charge in [0.25, 0.3) is 0 Å². The second-order valence-corrected chi connectivity index (χ2v) is 6.31. The number of nitrogens with zero attached hydrogens (tertiary/aromatic N) is 3. The van der Waals surface area contributed by atoms with Gasteiger partial charge in [-0.05, 0) is 37.1 Å². The lowest BCUT2D eigenvalue weighted by Crippen LogP contribution is -2.35. The van der Waals surface area contributed by atoms with Crippen molar-refractivity contribution in [1.29, 1.82) is 0 Å². The molecule has 4 rings (SSSR count). The van der Waals surface area contributed by atoms with E-state index in [1.807, 2.05) is 18.3 Å². The summed E-state index contributed by atoms with van der Waals surface area (Å²) >= 11 is 0. The fraction of sp³-hybridized carbons (Fsp3) is 0.263. The molecule has 0 bridgehead atoms. The van der Waals surface area contributed by atoms with E-state index in [9.17, 15) is 9.59 Å². The van der Waals surface area contributed by atoms with Gasteiger partial charge in [-0.25, -0.2) is 4.98 Å². The molecule has 7 heteroatoms. The normalized spacial score (nSPS) is 13.2. The molecular formula is C19H19N5O2. The van der Waals surface area contributed by atoms with E-state index in [2.05, 4.69) is 25.2 Å². The van der Waals surface area contributed by atoms with Gasteiger partial charge in [-0.3, -0.25) is 14.6 Å². The number of carbonyl (C=O) groups is 2. The fourth-order valence-electron chi connectivity index (χ4n) is 3.20. The lowest BCUT2D eigenvalue weighted by Gasteiger charge is -2.11. The number of carbonyl (C=O) groups excluding carboxylic acids is 2. The smallest absolute Gasteiger partial charge is 0.313 e. The van der Waals surface area contributed by atoms with Crippen molar-refractivity contribution in [3.8, 4) is 0 Å². The molecule has 0 unspecified atom stereocenters. The summed E-state index contributed by atoms with van der Waals surface area (Å²) in [5.74, 6) is -0.338. The summed E-state index contributed by atoms with van der Waals surface area (Å²) in [6, 6.07) is 9.03.